The van der Waals surface area contributed by atoms with Crippen molar-refractivity contribution >= 4 is 60.8 Å². The van der Waals surface area contributed by atoms with Gasteiger partial charge in [-0.15, -0.1) is 10.2 Å². The van der Waals surface area contributed by atoms with Crippen LogP contribution in [0.15, 0.2) is 28.6 Å². The van der Waals surface area contributed by atoms with Crippen LogP contribution in [0.4, 0.5) is 5.13 Å². The topological polar surface area (TPSA) is 134 Å². The lowest BCUT2D eigenvalue weighted by Gasteiger charge is -2.02. The van der Waals surface area contributed by atoms with Crippen molar-refractivity contribution in [3.63, 3.8) is 0 Å². The monoisotopic (exact) mass is 427 g/mol. The van der Waals surface area contributed by atoms with E-state index in [1.807, 2.05) is 4.72 Å². The minimum Gasteiger partial charge on any atom is -0.358 e. The highest BCUT2D eigenvalue weighted by Crippen LogP contribution is 2.21. The van der Waals surface area contributed by atoms with E-state index in [1.165, 1.54) is 0 Å². The van der Waals surface area contributed by atoms with Crippen LogP contribution in [0, 0.1) is 0 Å². The van der Waals surface area contributed by atoms with Crippen LogP contribution in [0.3, 0.4) is 0 Å². The van der Waals surface area contributed by atoms with E-state index in [-0.39, 0.29) is 23.9 Å². The number of carbonyl (C=O) groups excluding carboxylic acids is 2. The van der Waals surface area contributed by atoms with Crippen LogP contribution in [-0.4, -0.2) is 35.4 Å². The molecule has 3 rings (SSSR count). The van der Waals surface area contributed by atoms with Crippen molar-refractivity contribution in [2.75, 3.05) is 5.32 Å². The predicted molar refractivity (Wildman–Crippen MR) is 101 cm³/mol. The van der Waals surface area contributed by atoms with Crippen molar-refractivity contribution in [1.29, 1.82) is 0 Å². The third kappa shape index (κ3) is 4.62. The molecule has 0 aliphatic carbocycles. The molecule has 0 atom stereocenters. The lowest BCUT2D eigenvalue weighted by Crippen LogP contribution is -2.31. The smallest absolute Gasteiger partial charge is 0.293 e. The number of aromatic amines is 1. The van der Waals surface area contributed by atoms with Gasteiger partial charge in [-0.3, -0.25) is 9.59 Å². The summed E-state index contributed by atoms with van der Waals surface area (Å²) in [6.07, 6.45) is 0.0396. The Balaban J connectivity index is 1.69. The van der Waals surface area contributed by atoms with Gasteiger partial charge in [-0.2, -0.15) is 8.42 Å². The average molecular weight is 428 g/mol. The molecule has 0 saturated carbocycles. The summed E-state index contributed by atoms with van der Waals surface area (Å²) in [6, 6.07) is 6.93. The Morgan fingerprint density at radius 1 is 1.22 bits per heavy atom. The number of sulfonamides is 1. The summed E-state index contributed by atoms with van der Waals surface area (Å²) in [4.78, 5) is 26.5. The van der Waals surface area contributed by atoms with E-state index in [0.29, 0.717) is 22.1 Å². The number of hydrogen-bond donors (Lipinski definition) is 3. The SMILES string of the molecule is CCC(=O)Nc1nnc(S(=O)(=O)NC(=O)Cc2cc3cc(Cl)ccc3[nH]2)s1. The van der Waals surface area contributed by atoms with Crippen LogP contribution in [0.2, 0.25) is 5.02 Å². The van der Waals surface area contributed by atoms with Gasteiger partial charge < -0.3 is 10.3 Å². The number of H-pyrrole nitrogens is 1. The number of halogens is 1. The van der Waals surface area contributed by atoms with Gasteiger partial charge in [0.2, 0.25) is 16.9 Å². The van der Waals surface area contributed by atoms with Gasteiger partial charge in [0.1, 0.15) is 0 Å². The summed E-state index contributed by atoms with van der Waals surface area (Å²) in [6.45, 7) is 1.65. The summed E-state index contributed by atoms with van der Waals surface area (Å²) < 4.78 is 26.0. The first-order valence-electron chi connectivity index (χ1n) is 7.73. The minimum atomic E-state index is -4.18. The van der Waals surface area contributed by atoms with E-state index in [1.54, 1.807) is 31.2 Å². The first kappa shape index (κ1) is 19.3. The second-order valence-corrected chi connectivity index (χ2v) is 8.78. The molecule has 27 heavy (non-hydrogen) atoms. The van der Waals surface area contributed by atoms with Crippen LogP contribution in [0.5, 0.6) is 0 Å². The molecule has 2 amide bonds. The maximum absolute atomic E-state index is 12.3. The number of aromatic nitrogens is 3. The number of carbonyl (C=O) groups is 2. The molecule has 0 spiro atoms. The van der Waals surface area contributed by atoms with E-state index in [9.17, 15) is 18.0 Å². The average Bonchev–Trinajstić information content (AvgIpc) is 3.20. The number of amides is 2. The largest absolute Gasteiger partial charge is 0.358 e. The van der Waals surface area contributed by atoms with Crippen LogP contribution in [-0.2, 0) is 26.0 Å². The first-order valence-corrected chi connectivity index (χ1v) is 10.4. The molecule has 2 heterocycles. The molecule has 0 saturated heterocycles. The molecule has 0 radical (unpaired) electrons. The fourth-order valence-electron chi connectivity index (χ4n) is 2.24. The summed E-state index contributed by atoms with van der Waals surface area (Å²) in [5, 5.41) is 10.9. The molecular formula is C15H14ClN5O4S2. The Hall–Kier alpha value is -2.50. The molecule has 142 valence electrons. The number of rotatable bonds is 6. The molecule has 12 heteroatoms. The highest BCUT2D eigenvalue weighted by atomic mass is 35.5. The van der Waals surface area contributed by atoms with Gasteiger partial charge in [0, 0.05) is 28.0 Å². The molecular weight excluding hydrogens is 414 g/mol. The van der Waals surface area contributed by atoms with Crippen LogP contribution >= 0.6 is 22.9 Å². The zero-order valence-electron chi connectivity index (χ0n) is 13.9. The molecule has 0 unspecified atom stereocenters. The lowest BCUT2D eigenvalue weighted by atomic mass is 10.2. The second kappa shape index (κ2) is 7.62. The van der Waals surface area contributed by atoms with Crippen LogP contribution < -0.4 is 10.0 Å². The third-order valence-corrected chi connectivity index (χ3v) is 6.26. The number of benzene rings is 1. The van der Waals surface area contributed by atoms with Crippen molar-refractivity contribution in [3.8, 4) is 0 Å². The van der Waals surface area contributed by atoms with E-state index in [4.69, 9.17) is 11.6 Å². The molecule has 1 aromatic carbocycles. The van der Waals surface area contributed by atoms with Crippen molar-refractivity contribution in [2.45, 2.75) is 24.1 Å². The summed E-state index contributed by atoms with van der Waals surface area (Å²) in [5.74, 6) is -1.06. The molecule has 9 nitrogen and oxygen atoms in total. The molecule has 3 N–H and O–H groups in total. The minimum absolute atomic E-state index is 0.0437. The zero-order valence-corrected chi connectivity index (χ0v) is 16.3. The Morgan fingerprint density at radius 2 is 2.00 bits per heavy atom. The molecule has 0 fully saturated rings. The molecule has 3 aromatic rings. The molecule has 0 bridgehead atoms. The quantitative estimate of drug-likeness (QED) is 0.515. The first-order chi connectivity index (χ1) is 12.8. The van der Waals surface area contributed by atoms with Crippen LogP contribution in [0.1, 0.15) is 19.0 Å². The fourth-order valence-corrected chi connectivity index (χ4v) is 4.32. The maximum atomic E-state index is 12.3. The number of nitrogens with one attached hydrogen (secondary N) is 3. The Kier molecular flexibility index (Phi) is 5.44. The van der Waals surface area contributed by atoms with Crippen molar-refractivity contribution in [3.05, 3.63) is 35.0 Å². The fraction of sp³-hybridized carbons (Fsp3) is 0.200. The summed E-state index contributed by atoms with van der Waals surface area (Å²) in [5.41, 5.74) is 1.32. The van der Waals surface area contributed by atoms with Gasteiger partial charge in [0.25, 0.3) is 14.4 Å². The molecule has 0 aliphatic heterocycles. The van der Waals surface area contributed by atoms with Crippen molar-refractivity contribution in [2.24, 2.45) is 0 Å². The zero-order chi connectivity index (χ0) is 19.6. The van der Waals surface area contributed by atoms with E-state index >= 15 is 0 Å². The Labute approximate surface area is 163 Å². The normalized spacial score (nSPS) is 11.5. The highest BCUT2D eigenvalue weighted by molar-refractivity contribution is 7.92. The second-order valence-electron chi connectivity index (χ2n) is 5.51. The maximum Gasteiger partial charge on any atom is 0.293 e. The van der Waals surface area contributed by atoms with Gasteiger partial charge in [0.05, 0.1) is 6.42 Å². The van der Waals surface area contributed by atoms with Gasteiger partial charge in [0.15, 0.2) is 0 Å². The molecule has 2 aromatic heterocycles. The van der Waals surface area contributed by atoms with E-state index in [2.05, 4.69) is 20.5 Å². The Morgan fingerprint density at radius 3 is 2.74 bits per heavy atom. The standard InChI is InChI=1S/C15H14ClN5O4S2/c1-2-12(22)18-14-19-20-15(26-14)27(24,25)21-13(23)7-10-6-8-5-9(16)3-4-11(8)17-10/h3-6,17H,2,7H2,1H3,(H,21,23)(H,18,19,22). The number of anilines is 1. The number of nitrogens with zero attached hydrogens (tertiary/aromatic N) is 2. The summed E-state index contributed by atoms with van der Waals surface area (Å²) >= 11 is 6.58. The highest BCUT2D eigenvalue weighted by Gasteiger charge is 2.23. The van der Waals surface area contributed by atoms with E-state index in [0.717, 1.165) is 10.9 Å². The van der Waals surface area contributed by atoms with Gasteiger partial charge in [-0.1, -0.05) is 29.9 Å². The summed E-state index contributed by atoms with van der Waals surface area (Å²) in [7, 11) is -4.18. The predicted octanol–water partition coefficient (Wildman–Crippen LogP) is 2.07. The van der Waals surface area contributed by atoms with Crippen LogP contribution in [0.25, 0.3) is 10.9 Å². The molecule has 0 aliphatic rings. The van der Waals surface area contributed by atoms with Crippen molar-refractivity contribution in [1.82, 2.24) is 19.9 Å². The number of fused-ring (bicyclic) bond motifs is 1. The van der Waals surface area contributed by atoms with Gasteiger partial charge >= 0.3 is 0 Å². The Bertz CT molecular complexity index is 1120. The van der Waals surface area contributed by atoms with Gasteiger partial charge in [-0.05, 0) is 24.3 Å². The van der Waals surface area contributed by atoms with Gasteiger partial charge in [-0.25, -0.2) is 4.72 Å². The van der Waals surface area contributed by atoms with E-state index < -0.39 is 20.3 Å². The van der Waals surface area contributed by atoms with Crippen molar-refractivity contribution < 1.29 is 18.0 Å². The lowest BCUT2D eigenvalue weighted by molar-refractivity contribution is -0.119. The number of hydrogen-bond acceptors (Lipinski definition) is 7. The third-order valence-electron chi connectivity index (χ3n) is 3.44.